The van der Waals surface area contributed by atoms with Gasteiger partial charge in [-0.05, 0) is 22.0 Å². The van der Waals surface area contributed by atoms with Crippen LogP contribution < -0.4 is 4.74 Å². The molecule has 0 aliphatic rings. The zero-order valence-electron chi connectivity index (χ0n) is 5.74. The first-order valence-corrected chi connectivity index (χ1v) is 3.65. The number of carbonyl (C=O) groups excluding carboxylic acids is 1. The van der Waals surface area contributed by atoms with Crippen LogP contribution >= 0.6 is 15.9 Å². The average Bonchev–Trinajstić information content (AvgIpc) is 1.85. The highest BCUT2D eigenvalue weighted by Gasteiger charge is 1.99. The number of hydrogen-bond donors (Lipinski definition) is 0. The minimum Gasteiger partial charge on any atom is -0.391 e. The van der Waals surface area contributed by atoms with Gasteiger partial charge in [0.05, 0.1) is 0 Å². The zero-order valence-corrected chi connectivity index (χ0v) is 7.33. The second-order valence-electron chi connectivity index (χ2n) is 1.76. The van der Waals surface area contributed by atoms with Crippen molar-refractivity contribution < 1.29 is 9.53 Å². The number of rotatable bonds is 1. The molecule has 1 aromatic heterocycles. The number of hydrogen-bond acceptors (Lipinski definition) is 4. The summed E-state index contributed by atoms with van der Waals surface area (Å²) in [6.07, 6.45) is 1.50. The van der Waals surface area contributed by atoms with Crippen molar-refractivity contribution in [3.8, 4) is 6.01 Å². The Labute approximate surface area is 71.7 Å². The molecule has 0 unspecified atom stereocenters. The van der Waals surface area contributed by atoms with E-state index in [0.29, 0.717) is 4.60 Å². The van der Waals surface area contributed by atoms with Gasteiger partial charge in [-0.15, -0.1) is 0 Å². The van der Waals surface area contributed by atoms with Gasteiger partial charge in [-0.2, -0.15) is 4.98 Å². The number of esters is 1. The molecule has 0 aromatic carbocycles. The highest BCUT2D eigenvalue weighted by molar-refractivity contribution is 9.10. The molecule has 0 saturated heterocycles. The van der Waals surface area contributed by atoms with E-state index < -0.39 is 5.97 Å². The first kappa shape index (κ1) is 8.13. The third kappa shape index (κ3) is 2.63. The Morgan fingerprint density at radius 1 is 1.73 bits per heavy atom. The Kier molecular flexibility index (Phi) is 2.53. The molecule has 0 aliphatic carbocycles. The van der Waals surface area contributed by atoms with E-state index in [1.54, 1.807) is 6.07 Å². The Morgan fingerprint density at radius 2 is 2.45 bits per heavy atom. The predicted molar refractivity (Wildman–Crippen MR) is 41.0 cm³/mol. The summed E-state index contributed by atoms with van der Waals surface area (Å²) in [6, 6.07) is 1.71. The highest BCUT2D eigenvalue weighted by Crippen LogP contribution is 2.08. The van der Waals surface area contributed by atoms with Crippen molar-refractivity contribution in [2.24, 2.45) is 0 Å². The van der Waals surface area contributed by atoms with E-state index in [-0.39, 0.29) is 6.01 Å². The molecular weight excluding hydrogens is 212 g/mol. The number of ether oxygens (including phenoxy) is 1. The smallest absolute Gasteiger partial charge is 0.325 e. The van der Waals surface area contributed by atoms with Crippen molar-refractivity contribution >= 4 is 21.9 Å². The molecule has 0 aliphatic heterocycles. The van der Waals surface area contributed by atoms with Crippen molar-refractivity contribution in [2.75, 3.05) is 0 Å². The monoisotopic (exact) mass is 216 g/mol. The molecule has 1 heterocycles. The topological polar surface area (TPSA) is 52.1 Å². The zero-order chi connectivity index (χ0) is 8.27. The van der Waals surface area contributed by atoms with Crippen molar-refractivity contribution in [3.05, 3.63) is 16.9 Å². The van der Waals surface area contributed by atoms with Crippen LogP contribution in [0.2, 0.25) is 0 Å². The molecule has 0 N–H and O–H groups in total. The number of halogens is 1. The van der Waals surface area contributed by atoms with E-state index in [9.17, 15) is 4.79 Å². The van der Waals surface area contributed by atoms with Gasteiger partial charge in [0.1, 0.15) is 4.60 Å². The van der Waals surface area contributed by atoms with Crippen LogP contribution in [0, 0.1) is 0 Å². The minimum atomic E-state index is -0.428. The second kappa shape index (κ2) is 3.43. The molecule has 1 rings (SSSR count). The van der Waals surface area contributed by atoms with Crippen LogP contribution in [-0.4, -0.2) is 15.9 Å². The third-order valence-electron chi connectivity index (χ3n) is 0.835. The summed E-state index contributed by atoms with van der Waals surface area (Å²) < 4.78 is 5.19. The maximum absolute atomic E-state index is 10.4. The van der Waals surface area contributed by atoms with Crippen LogP contribution in [0.15, 0.2) is 16.9 Å². The molecule has 1 aromatic rings. The summed E-state index contributed by atoms with van der Waals surface area (Å²) in [7, 11) is 0. The molecule has 0 fully saturated rings. The van der Waals surface area contributed by atoms with Gasteiger partial charge in [0.25, 0.3) is 0 Å². The molecule has 0 spiro atoms. The minimum absolute atomic E-state index is 0.0619. The molecule has 5 heteroatoms. The van der Waals surface area contributed by atoms with Crippen molar-refractivity contribution in [2.45, 2.75) is 6.92 Å². The van der Waals surface area contributed by atoms with Gasteiger partial charge in [-0.1, -0.05) is 0 Å². The van der Waals surface area contributed by atoms with Crippen LogP contribution in [0.1, 0.15) is 6.92 Å². The lowest BCUT2D eigenvalue weighted by atomic mass is 10.7. The summed E-state index contributed by atoms with van der Waals surface area (Å²) in [4.78, 5) is 17.9. The third-order valence-corrected chi connectivity index (χ3v) is 1.28. The molecule has 0 atom stereocenters. The average molecular weight is 217 g/mol. The fourth-order valence-corrected chi connectivity index (χ4v) is 0.768. The van der Waals surface area contributed by atoms with Crippen molar-refractivity contribution in [1.82, 2.24) is 9.97 Å². The maximum atomic E-state index is 10.4. The maximum Gasteiger partial charge on any atom is 0.325 e. The highest BCUT2D eigenvalue weighted by atomic mass is 79.9. The van der Waals surface area contributed by atoms with E-state index in [0.717, 1.165) is 0 Å². The van der Waals surface area contributed by atoms with E-state index >= 15 is 0 Å². The lowest BCUT2D eigenvalue weighted by Crippen LogP contribution is -2.04. The quantitative estimate of drug-likeness (QED) is 0.523. The van der Waals surface area contributed by atoms with Gasteiger partial charge < -0.3 is 4.74 Å². The van der Waals surface area contributed by atoms with Gasteiger partial charge in [0, 0.05) is 13.1 Å². The standard InChI is InChI=1S/C6H5BrN2O2/c1-4(10)11-6-8-3-2-5(7)9-6/h2-3H,1H3. The van der Waals surface area contributed by atoms with Crippen molar-refractivity contribution in [3.63, 3.8) is 0 Å². The number of aromatic nitrogens is 2. The van der Waals surface area contributed by atoms with Gasteiger partial charge in [-0.3, -0.25) is 4.79 Å². The summed E-state index contributed by atoms with van der Waals surface area (Å²) >= 11 is 3.11. The Bertz CT molecular complexity index is 277. The van der Waals surface area contributed by atoms with Crippen LogP contribution in [-0.2, 0) is 4.79 Å². The van der Waals surface area contributed by atoms with E-state index in [1.807, 2.05) is 0 Å². The summed E-state index contributed by atoms with van der Waals surface area (Å²) in [5, 5.41) is 0. The molecule has 0 amide bonds. The Morgan fingerprint density at radius 3 is 3.00 bits per heavy atom. The predicted octanol–water partition coefficient (Wildman–Crippen LogP) is 1.16. The molecule has 0 radical (unpaired) electrons. The Hall–Kier alpha value is -0.970. The molecule has 0 saturated carbocycles. The van der Waals surface area contributed by atoms with Gasteiger partial charge >= 0.3 is 12.0 Å². The van der Waals surface area contributed by atoms with E-state index in [2.05, 4.69) is 30.6 Å². The molecule has 11 heavy (non-hydrogen) atoms. The molecular formula is C6H5BrN2O2. The van der Waals surface area contributed by atoms with Crippen LogP contribution in [0.4, 0.5) is 0 Å². The number of carbonyl (C=O) groups is 1. The fraction of sp³-hybridized carbons (Fsp3) is 0.167. The lowest BCUT2D eigenvalue weighted by molar-refractivity contribution is -0.132. The van der Waals surface area contributed by atoms with Crippen LogP contribution in [0.3, 0.4) is 0 Å². The first-order chi connectivity index (χ1) is 5.18. The largest absolute Gasteiger partial charge is 0.391 e. The molecule has 0 bridgehead atoms. The normalized spacial score (nSPS) is 9.27. The van der Waals surface area contributed by atoms with E-state index in [1.165, 1.54) is 13.1 Å². The summed E-state index contributed by atoms with van der Waals surface area (Å²) in [6.45, 7) is 1.30. The molecule has 4 nitrogen and oxygen atoms in total. The van der Waals surface area contributed by atoms with Crippen molar-refractivity contribution in [1.29, 1.82) is 0 Å². The lowest BCUT2D eigenvalue weighted by Gasteiger charge is -1.96. The summed E-state index contributed by atoms with van der Waals surface area (Å²) in [5.41, 5.74) is 0. The SMILES string of the molecule is CC(=O)Oc1nccc(Br)n1. The van der Waals surface area contributed by atoms with E-state index in [4.69, 9.17) is 0 Å². The second-order valence-corrected chi connectivity index (χ2v) is 2.57. The summed E-state index contributed by atoms with van der Waals surface area (Å²) in [5.74, 6) is -0.428. The fourth-order valence-electron chi connectivity index (χ4n) is 0.498. The number of nitrogens with zero attached hydrogens (tertiary/aromatic N) is 2. The molecule has 58 valence electrons. The van der Waals surface area contributed by atoms with Gasteiger partial charge in [-0.25, -0.2) is 4.98 Å². The van der Waals surface area contributed by atoms with Crippen LogP contribution in [0.25, 0.3) is 0 Å². The van der Waals surface area contributed by atoms with Gasteiger partial charge in [0.15, 0.2) is 0 Å². The van der Waals surface area contributed by atoms with Crippen LogP contribution in [0.5, 0.6) is 6.01 Å². The first-order valence-electron chi connectivity index (χ1n) is 2.85. The Balaban J connectivity index is 2.79. The van der Waals surface area contributed by atoms with Gasteiger partial charge in [0.2, 0.25) is 0 Å².